The summed E-state index contributed by atoms with van der Waals surface area (Å²) in [6, 6.07) is 0. The summed E-state index contributed by atoms with van der Waals surface area (Å²) < 4.78 is 0. The van der Waals surface area contributed by atoms with E-state index in [9.17, 15) is 0 Å². The van der Waals surface area contributed by atoms with Crippen molar-refractivity contribution in [3.63, 3.8) is 0 Å². The quantitative estimate of drug-likeness (QED) is 0.498. The second kappa shape index (κ2) is 6.79. The van der Waals surface area contributed by atoms with Gasteiger partial charge in [0.1, 0.15) is 0 Å². The van der Waals surface area contributed by atoms with Crippen molar-refractivity contribution in [1.82, 2.24) is 5.32 Å². The monoisotopic (exact) mass is 187 g/mol. The molecule has 0 spiro atoms. The molecule has 0 aromatic carbocycles. The highest BCUT2D eigenvalue weighted by Crippen LogP contribution is 2.25. The molecule has 1 N–H and O–H groups in total. The van der Waals surface area contributed by atoms with Crippen LogP contribution in [-0.4, -0.2) is 18.8 Å². The molecule has 2 heteroatoms. The molecule has 1 aliphatic carbocycles. The number of thiol groups is 1. The molecule has 1 aliphatic rings. The molecule has 1 fully saturated rings. The Morgan fingerprint density at radius 1 is 1.08 bits per heavy atom. The normalized spacial score (nSPS) is 19.8. The summed E-state index contributed by atoms with van der Waals surface area (Å²) >= 11 is 4.16. The average molecular weight is 187 g/mol. The van der Waals surface area contributed by atoms with Crippen LogP contribution in [0.2, 0.25) is 0 Å². The van der Waals surface area contributed by atoms with Crippen LogP contribution < -0.4 is 5.32 Å². The first-order chi connectivity index (χ1) is 5.93. The van der Waals surface area contributed by atoms with Gasteiger partial charge in [-0.1, -0.05) is 32.1 Å². The maximum absolute atomic E-state index is 4.16. The van der Waals surface area contributed by atoms with Crippen molar-refractivity contribution in [2.24, 2.45) is 5.92 Å². The van der Waals surface area contributed by atoms with E-state index in [-0.39, 0.29) is 0 Å². The summed E-state index contributed by atoms with van der Waals surface area (Å²) in [5, 5.41) is 3.41. The van der Waals surface area contributed by atoms with Gasteiger partial charge in [-0.25, -0.2) is 0 Å². The van der Waals surface area contributed by atoms with Gasteiger partial charge in [0.15, 0.2) is 0 Å². The molecule has 0 aromatic rings. The molecule has 72 valence electrons. The topological polar surface area (TPSA) is 12.0 Å². The summed E-state index contributed by atoms with van der Waals surface area (Å²) in [4.78, 5) is 0. The van der Waals surface area contributed by atoms with Gasteiger partial charge in [0.05, 0.1) is 0 Å². The SMILES string of the molecule is SCCNCCC1CCCCC1. The molecular formula is C10H21NS. The Bertz CT molecular complexity index is 100. The third kappa shape index (κ3) is 4.36. The molecule has 0 heterocycles. The highest BCUT2D eigenvalue weighted by molar-refractivity contribution is 7.80. The van der Waals surface area contributed by atoms with E-state index in [2.05, 4.69) is 17.9 Å². The predicted octanol–water partition coefficient (Wildman–Crippen LogP) is 2.48. The van der Waals surface area contributed by atoms with Crippen LogP contribution in [0.1, 0.15) is 38.5 Å². The number of rotatable bonds is 5. The number of nitrogens with one attached hydrogen (secondary N) is 1. The van der Waals surface area contributed by atoms with E-state index in [1.807, 2.05) is 0 Å². The second-order valence-electron chi connectivity index (χ2n) is 3.77. The minimum Gasteiger partial charge on any atom is -0.316 e. The molecule has 0 unspecified atom stereocenters. The molecule has 1 saturated carbocycles. The van der Waals surface area contributed by atoms with Gasteiger partial charge in [0.25, 0.3) is 0 Å². The lowest BCUT2D eigenvalue weighted by atomic mass is 9.87. The molecule has 0 amide bonds. The van der Waals surface area contributed by atoms with Crippen LogP contribution in [0.15, 0.2) is 0 Å². The molecule has 0 saturated heterocycles. The highest BCUT2D eigenvalue weighted by atomic mass is 32.1. The third-order valence-electron chi connectivity index (χ3n) is 2.74. The average Bonchev–Trinajstić information content (AvgIpc) is 2.14. The van der Waals surface area contributed by atoms with Gasteiger partial charge in [0, 0.05) is 12.3 Å². The molecule has 0 aliphatic heterocycles. The first-order valence-corrected chi connectivity index (χ1v) is 5.88. The van der Waals surface area contributed by atoms with Crippen LogP contribution in [0.3, 0.4) is 0 Å². The van der Waals surface area contributed by atoms with Crippen LogP contribution in [-0.2, 0) is 0 Å². The van der Waals surface area contributed by atoms with E-state index < -0.39 is 0 Å². The van der Waals surface area contributed by atoms with Gasteiger partial charge < -0.3 is 5.32 Å². The Kier molecular flexibility index (Phi) is 5.88. The van der Waals surface area contributed by atoms with Crippen molar-refractivity contribution in [3.8, 4) is 0 Å². The van der Waals surface area contributed by atoms with E-state index in [1.54, 1.807) is 0 Å². The van der Waals surface area contributed by atoms with Crippen molar-refractivity contribution in [3.05, 3.63) is 0 Å². The van der Waals surface area contributed by atoms with Crippen molar-refractivity contribution in [1.29, 1.82) is 0 Å². The van der Waals surface area contributed by atoms with Crippen LogP contribution >= 0.6 is 12.6 Å². The van der Waals surface area contributed by atoms with Gasteiger partial charge in [-0.2, -0.15) is 12.6 Å². The van der Waals surface area contributed by atoms with Crippen molar-refractivity contribution >= 4 is 12.6 Å². The predicted molar refractivity (Wildman–Crippen MR) is 57.9 cm³/mol. The highest BCUT2D eigenvalue weighted by Gasteiger charge is 2.11. The summed E-state index contributed by atoms with van der Waals surface area (Å²) in [6.07, 6.45) is 8.74. The zero-order chi connectivity index (χ0) is 8.65. The van der Waals surface area contributed by atoms with E-state index in [0.29, 0.717) is 0 Å². The smallest absolute Gasteiger partial charge is 0.00397 e. The lowest BCUT2D eigenvalue weighted by Crippen LogP contribution is -2.21. The lowest BCUT2D eigenvalue weighted by Gasteiger charge is -2.21. The number of hydrogen-bond donors (Lipinski definition) is 2. The molecule has 0 atom stereocenters. The second-order valence-corrected chi connectivity index (χ2v) is 4.21. The van der Waals surface area contributed by atoms with E-state index >= 15 is 0 Å². The fraction of sp³-hybridized carbons (Fsp3) is 1.00. The summed E-state index contributed by atoms with van der Waals surface area (Å²) in [6.45, 7) is 2.26. The molecule has 12 heavy (non-hydrogen) atoms. The third-order valence-corrected chi connectivity index (χ3v) is 2.97. The van der Waals surface area contributed by atoms with Crippen LogP contribution in [0, 0.1) is 5.92 Å². The largest absolute Gasteiger partial charge is 0.316 e. The Balaban J connectivity index is 1.91. The molecule has 0 radical (unpaired) electrons. The van der Waals surface area contributed by atoms with E-state index in [1.165, 1.54) is 45.1 Å². The lowest BCUT2D eigenvalue weighted by molar-refractivity contribution is 0.335. The standard InChI is InChI=1S/C10H21NS/c12-9-8-11-7-6-10-4-2-1-3-5-10/h10-12H,1-9H2. The first-order valence-electron chi connectivity index (χ1n) is 5.25. The van der Waals surface area contributed by atoms with Gasteiger partial charge in [0.2, 0.25) is 0 Å². The molecule has 0 aromatic heterocycles. The Hall–Kier alpha value is 0.310. The minimum absolute atomic E-state index is 0.963. The summed E-state index contributed by atoms with van der Waals surface area (Å²) in [5.74, 6) is 1.98. The van der Waals surface area contributed by atoms with Crippen LogP contribution in [0.25, 0.3) is 0 Å². The molecule has 1 nitrogen and oxygen atoms in total. The van der Waals surface area contributed by atoms with Crippen LogP contribution in [0.5, 0.6) is 0 Å². The van der Waals surface area contributed by atoms with E-state index in [0.717, 1.165) is 18.2 Å². The maximum Gasteiger partial charge on any atom is 0.00397 e. The van der Waals surface area contributed by atoms with Gasteiger partial charge in [-0.05, 0) is 18.9 Å². The summed E-state index contributed by atoms with van der Waals surface area (Å²) in [7, 11) is 0. The Morgan fingerprint density at radius 2 is 1.83 bits per heavy atom. The Labute approximate surface area is 81.7 Å². The summed E-state index contributed by atoms with van der Waals surface area (Å²) in [5.41, 5.74) is 0. The van der Waals surface area contributed by atoms with E-state index in [4.69, 9.17) is 0 Å². The van der Waals surface area contributed by atoms with Crippen LogP contribution in [0.4, 0.5) is 0 Å². The first kappa shape index (κ1) is 10.4. The van der Waals surface area contributed by atoms with Crippen molar-refractivity contribution in [2.45, 2.75) is 38.5 Å². The molecule has 0 bridgehead atoms. The van der Waals surface area contributed by atoms with Gasteiger partial charge >= 0.3 is 0 Å². The maximum atomic E-state index is 4.16. The minimum atomic E-state index is 0.963. The Morgan fingerprint density at radius 3 is 2.50 bits per heavy atom. The van der Waals surface area contributed by atoms with Crippen molar-refractivity contribution in [2.75, 3.05) is 18.8 Å². The number of hydrogen-bond acceptors (Lipinski definition) is 2. The molecule has 1 rings (SSSR count). The fourth-order valence-electron chi connectivity index (χ4n) is 1.99. The van der Waals surface area contributed by atoms with Gasteiger partial charge in [-0.3, -0.25) is 0 Å². The zero-order valence-corrected chi connectivity index (χ0v) is 8.78. The van der Waals surface area contributed by atoms with Gasteiger partial charge in [-0.15, -0.1) is 0 Å². The molecular weight excluding hydrogens is 166 g/mol. The zero-order valence-electron chi connectivity index (χ0n) is 7.89. The van der Waals surface area contributed by atoms with Crippen molar-refractivity contribution < 1.29 is 0 Å². The fourth-order valence-corrected chi connectivity index (χ4v) is 2.14.